The van der Waals surface area contributed by atoms with Gasteiger partial charge in [0.1, 0.15) is 0 Å². The molecule has 1 aromatic rings. The van der Waals surface area contributed by atoms with Crippen molar-refractivity contribution in [2.75, 3.05) is 6.54 Å². The fraction of sp³-hybridized carbons (Fsp3) is 0.182. The first kappa shape index (κ1) is 12.3. The van der Waals surface area contributed by atoms with Crippen LogP contribution in [0.5, 0.6) is 0 Å². The van der Waals surface area contributed by atoms with Crippen LogP contribution in [0.3, 0.4) is 0 Å². The van der Waals surface area contributed by atoms with E-state index in [4.69, 9.17) is 5.73 Å². The van der Waals surface area contributed by atoms with Gasteiger partial charge in [0.15, 0.2) is 6.29 Å². The molecule has 0 saturated heterocycles. The minimum atomic E-state index is -4.46. The molecule has 16 heavy (non-hydrogen) atoms. The van der Waals surface area contributed by atoms with E-state index in [9.17, 15) is 18.0 Å². The van der Waals surface area contributed by atoms with Crippen LogP contribution in [-0.4, -0.2) is 12.8 Å². The van der Waals surface area contributed by atoms with Crippen molar-refractivity contribution in [3.63, 3.8) is 0 Å². The molecule has 1 rings (SSSR count). The van der Waals surface area contributed by atoms with Crippen molar-refractivity contribution < 1.29 is 18.0 Å². The maximum atomic E-state index is 12.3. The van der Waals surface area contributed by atoms with Gasteiger partial charge in [-0.1, -0.05) is 11.8 Å². The van der Waals surface area contributed by atoms with E-state index in [1.54, 1.807) is 0 Å². The second-order valence-corrected chi connectivity index (χ2v) is 2.92. The molecule has 0 unspecified atom stereocenters. The standard InChI is InChI=1S/C11H8F3NO/c12-11(13,14)10-4-3-8(2-1-5-15)9(6-10)7-16/h3-4,6-7H,5,15H2. The Morgan fingerprint density at radius 3 is 2.56 bits per heavy atom. The summed E-state index contributed by atoms with van der Waals surface area (Å²) in [7, 11) is 0. The monoisotopic (exact) mass is 227 g/mol. The third-order valence-electron chi connectivity index (χ3n) is 1.83. The van der Waals surface area contributed by atoms with Gasteiger partial charge >= 0.3 is 6.18 Å². The number of alkyl halides is 3. The predicted molar refractivity (Wildman–Crippen MR) is 52.8 cm³/mol. The smallest absolute Gasteiger partial charge is 0.320 e. The Morgan fingerprint density at radius 2 is 2.06 bits per heavy atom. The van der Waals surface area contributed by atoms with Crippen LogP contribution in [-0.2, 0) is 6.18 Å². The third-order valence-corrected chi connectivity index (χ3v) is 1.83. The highest BCUT2D eigenvalue weighted by Crippen LogP contribution is 2.30. The van der Waals surface area contributed by atoms with Crippen molar-refractivity contribution in [3.05, 3.63) is 34.9 Å². The Labute approximate surface area is 90.3 Å². The minimum Gasteiger partial charge on any atom is -0.320 e. The van der Waals surface area contributed by atoms with Crippen LogP contribution >= 0.6 is 0 Å². The van der Waals surface area contributed by atoms with Crippen LogP contribution in [0, 0.1) is 11.8 Å². The highest BCUT2D eigenvalue weighted by molar-refractivity contribution is 5.79. The predicted octanol–water partition coefficient (Wildman–Crippen LogP) is 1.83. The highest BCUT2D eigenvalue weighted by atomic mass is 19.4. The number of carbonyl (C=O) groups is 1. The van der Waals surface area contributed by atoms with Crippen LogP contribution in [0.1, 0.15) is 21.5 Å². The first-order chi connectivity index (χ1) is 7.49. The van der Waals surface area contributed by atoms with E-state index >= 15 is 0 Å². The Kier molecular flexibility index (Phi) is 3.69. The van der Waals surface area contributed by atoms with Crippen LogP contribution in [0.25, 0.3) is 0 Å². The van der Waals surface area contributed by atoms with E-state index < -0.39 is 11.7 Å². The normalized spacial score (nSPS) is 10.5. The van der Waals surface area contributed by atoms with Gasteiger partial charge in [-0.3, -0.25) is 4.79 Å². The topological polar surface area (TPSA) is 43.1 Å². The van der Waals surface area contributed by atoms with Gasteiger partial charge in [0.25, 0.3) is 0 Å². The average molecular weight is 227 g/mol. The van der Waals surface area contributed by atoms with Crippen molar-refractivity contribution >= 4 is 6.29 Å². The number of halogens is 3. The molecule has 0 atom stereocenters. The second-order valence-electron chi connectivity index (χ2n) is 2.92. The Balaban J connectivity index is 3.22. The summed E-state index contributed by atoms with van der Waals surface area (Å²) in [5.74, 6) is 5.00. The fourth-order valence-corrected chi connectivity index (χ4v) is 1.10. The lowest BCUT2D eigenvalue weighted by atomic mass is 10.0. The van der Waals surface area contributed by atoms with E-state index in [1.807, 2.05) is 0 Å². The molecule has 0 fully saturated rings. The molecule has 0 aliphatic heterocycles. The zero-order valence-corrected chi connectivity index (χ0v) is 8.14. The molecule has 0 radical (unpaired) electrons. The molecular formula is C11H8F3NO. The van der Waals surface area contributed by atoms with E-state index in [2.05, 4.69) is 11.8 Å². The molecular weight excluding hydrogens is 219 g/mol. The zero-order valence-electron chi connectivity index (χ0n) is 8.14. The van der Waals surface area contributed by atoms with Gasteiger partial charge in [0, 0.05) is 11.1 Å². The molecule has 2 nitrogen and oxygen atoms in total. The molecule has 5 heteroatoms. The number of hydrogen-bond acceptors (Lipinski definition) is 2. The lowest BCUT2D eigenvalue weighted by molar-refractivity contribution is -0.137. The van der Waals surface area contributed by atoms with Crippen LogP contribution < -0.4 is 5.73 Å². The summed E-state index contributed by atoms with van der Waals surface area (Å²) >= 11 is 0. The molecule has 0 saturated carbocycles. The summed E-state index contributed by atoms with van der Waals surface area (Å²) in [6.07, 6.45) is -4.12. The van der Waals surface area contributed by atoms with Gasteiger partial charge in [-0.15, -0.1) is 0 Å². The van der Waals surface area contributed by atoms with Gasteiger partial charge in [-0.05, 0) is 18.2 Å². The number of aldehydes is 1. The molecule has 0 aliphatic carbocycles. The number of hydrogen-bond donors (Lipinski definition) is 1. The van der Waals surface area contributed by atoms with Crippen molar-refractivity contribution in [3.8, 4) is 11.8 Å². The quantitative estimate of drug-likeness (QED) is 0.587. The number of benzene rings is 1. The van der Waals surface area contributed by atoms with Crippen molar-refractivity contribution in [1.82, 2.24) is 0 Å². The molecule has 0 aliphatic rings. The van der Waals surface area contributed by atoms with E-state index in [0.29, 0.717) is 6.29 Å². The van der Waals surface area contributed by atoms with Gasteiger partial charge in [0.2, 0.25) is 0 Å². The summed E-state index contributed by atoms with van der Waals surface area (Å²) in [6, 6.07) is 2.82. The third kappa shape index (κ3) is 2.84. The molecule has 2 N–H and O–H groups in total. The molecule has 0 spiro atoms. The van der Waals surface area contributed by atoms with Crippen molar-refractivity contribution in [1.29, 1.82) is 0 Å². The lowest BCUT2D eigenvalue weighted by Crippen LogP contribution is -2.06. The molecule has 0 heterocycles. The molecule has 0 aromatic heterocycles. The SMILES string of the molecule is NCC#Cc1ccc(C(F)(F)F)cc1C=O. The number of nitrogens with two attached hydrogens (primary N) is 1. The lowest BCUT2D eigenvalue weighted by Gasteiger charge is -2.07. The summed E-state index contributed by atoms with van der Waals surface area (Å²) in [5.41, 5.74) is 4.41. The number of rotatable bonds is 1. The number of carbonyl (C=O) groups excluding carboxylic acids is 1. The Hall–Kier alpha value is -1.80. The first-order valence-corrected chi connectivity index (χ1v) is 4.34. The van der Waals surface area contributed by atoms with Gasteiger partial charge in [0.05, 0.1) is 12.1 Å². The summed E-state index contributed by atoms with van der Waals surface area (Å²) in [6.45, 7) is 0.0827. The largest absolute Gasteiger partial charge is 0.416 e. The molecule has 0 bridgehead atoms. The molecule has 0 amide bonds. The minimum absolute atomic E-state index is 0.0827. The van der Waals surface area contributed by atoms with Crippen LogP contribution in [0.2, 0.25) is 0 Å². The maximum Gasteiger partial charge on any atom is 0.416 e. The average Bonchev–Trinajstić information content (AvgIpc) is 2.24. The second kappa shape index (κ2) is 4.81. The van der Waals surface area contributed by atoms with Crippen molar-refractivity contribution in [2.45, 2.75) is 6.18 Å². The fourth-order valence-electron chi connectivity index (χ4n) is 1.10. The Morgan fingerprint density at radius 1 is 1.38 bits per heavy atom. The summed E-state index contributed by atoms with van der Waals surface area (Å²) < 4.78 is 36.9. The van der Waals surface area contributed by atoms with Crippen molar-refractivity contribution in [2.24, 2.45) is 5.73 Å². The zero-order chi connectivity index (χ0) is 12.2. The van der Waals surface area contributed by atoms with Gasteiger partial charge < -0.3 is 5.73 Å². The van der Waals surface area contributed by atoms with Crippen LogP contribution in [0.4, 0.5) is 13.2 Å². The van der Waals surface area contributed by atoms with E-state index in [1.165, 1.54) is 0 Å². The molecule has 84 valence electrons. The maximum absolute atomic E-state index is 12.3. The molecule has 1 aromatic carbocycles. The summed E-state index contributed by atoms with van der Waals surface area (Å²) in [4.78, 5) is 10.6. The highest BCUT2D eigenvalue weighted by Gasteiger charge is 2.30. The van der Waals surface area contributed by atoms with E-state index in [-0.39, 0.29) is 17.7 Å². The van der Waals surface area contributed by atoms with Crippen LogP contribution in [0.15, 0.2) is 18.2 Å². The van der Waals surface area contributed by atoms with E-state index in [0.717, 1.165) is 18.2 Å². The Bertz CT molecular complexity index is 455. The summed E-state index contributed by atoms with van der Waals surface area (Å²) in [5, 5.41) is 0. The first-order valence-electron chi connectivity index (χ1n) is 4.34. The van der Waals surface area contributed by atoms with Gasteiger partial charge in [-0.2, -0.15) is 13.2 Å². The van der Waals surface area contributed by atoms with Gasteiger partial charge in [-0.25, -0.2) is 0 Å².